The highest BCUT2D eigenvalue weighted by molar-refractivity contribution is 5.87. The van der Waals surface area contributed by atoms with Crippen LogP contribution in [0.15, 0.2) is 18.2 Å². The third-order valence-corrected chi connectivity index (χ3v) is 3.13. The second-order valence-electron chi connectivity index (χ2n) is 6.55. The predicted molar refractivity (Wildman–Crippen MR) is 82.3 cm³/mol. The number of benzene rings is 1. The molecule has 0 aliphatic heterocycles. The van der Waals surface area contributed by atoms with E-state index in [-0.39, 0.29) is 5.41 Å². The van der Waals surface area contributed by atoms with Gasteiger partial charge < -0.3 is 20.1 Å². The summed E-state index contributed by atoms with van der Waals surface area (Å²) in [4.78, 5) is 12.3. The third-order valence-electron chi connectivity index (χ3n) is 3.13. The first-order chi connectivity index (χ1) is 9.14. The summed E-state index contributed by atoms with van der Waals surface area (Å²) in [6.45, 7) is 11.4. The average Bonchev–Trinajstić information content (AvgIpc) is 2.33. The normalized spacial score (nSPS) is 11.6. The molecule has 0 atom stereocenters. The van der Waals surface area contributed by atoms with Gasteiger partial charge >= 0.3 is 0 Å². The fourth-order valence-electron chi connectivity index (χ4n) is 2.17. The largest absolute Gasteiger partial charge is 0.530 e. The van der Waals surface area contributed by atoms with Crippen LogP contribution in [0.4, 0.5) is 16.2 Å². The number of amides is 1. The highest BCUT2D eigenvalue weighted by Crippen LogP contribution is 2.37. The van der Waals surface area contributed by atoms with Gasteiger partial charge in [-0.1, -0.05) is 40.7 Å². The molecular formula is C16H25N2O2-. The molecule has 0 unspecified atom stereocenters. The second kappa shape index (κ2) is 6.16. The van der Waals surface area contributed by atoms with Gasteiger partial charge in [0.05, 0.1) is 0 Å². The fraction of sp³-hybridized carbons (Fsp3) is 0.562. The molecule has 1 rings (SSSR count). The highest BCUT2D eigenvalue weighted by Gasteiger charge is 2.24. The number of carboxylic acid groups (broad SMARTS) is 1. The number of anilines is 2. The van der Waals surface area contributed by atoms with E-state index in [9.17, 15) is 9.90 Å². The molecule has 1 aromatic rings. The van der Waals surface area contributed by atoms with Crippen molar-refractivity contribution in [3.05, 3.63) is 23.8 Å². The molecule has 4 nitrogen and oxygen atoms in total. The predicted octanol–water partition coefficient (Wildman–Crippen LogP) is 2.83. The molecule has 0 aliphatic rings. The SMILES string of the molecule is CC(C)CNc1cccc(N(C)C(=O)[O-])c1C(C)(C)C. The number of nitrogens with one attached hydrogen (secondary N) is 1. The molecule has 0 aromatic heterocycles. The molecule has 0 spiro atoms. The lowest BCUT2D eigenvalue weighted by Gasteiger charge is -2.31. The monoisotopic (exact) mass is 277 g/mol. The number of carbonyl (C=O) groups excluding carboxylic acids is 1. The Bertz CT molecular complexity index is 476. The zero-order chi connectivity index (χ0) is 15.5. The fourth-order valence-corrected chi connectivity index (χ4v) is 2.17. The summed E-state index contributed by atoms with van der Waals surface area (Å²) in [7, 11) is 1.52. The van der Waals surface area contributed by atoms with Crippen LogP contribution in [0.5, 0.6) is 0 Å². The van der Waals surface area contributed by atoms with Crippen LogP contribution in [0.25, 0.3) is 0 Å². The van der Waals surface area contributed by atoms with Crippen molar-refractivity contribution in [2.45, 2.75) is 40.0 Å². The minimum atomic E-state index is -1.20. The molecule has 112 valence electrons. The summed E-state index contributed by atoms with van der Waals surface area (Å²) in [5.41, 5.74) is 2.48. The zero-order valence-corrected chi connectivity index (χ0v) is 13.3. The molecule has 1 amide bonds. The van der Waals surface area contributed by atoms with Gasteiger partial charge in [-0.05, 0) is 23.5 Å². The van der Waals surface area contributed by atoms with Gasteiger partial charge in [0.2, 0.25) is 0 Å². The Kier molecular flexibility index (Phi) is 5.03. The average molecular weight is 277 g/mol. The highest BCUT2D eigenvalue weighted by atomic mass is 16.4. The Morgan fingerprint density at radius 2 is 1.95 bits per heavy atom. The van der Waals surface area contributed by atoms with E-state index in [4.69, 9.17) is 0 Å². The Morgan fingerprint density at radius 3 is 2.40 bits per heavy atom. The smallest absolute Gasteiger partial charge is 0.141 e. The first-order valence-corrected chi connectivity index (χ1v) is 6.96. The molecule has 1 N–H and O–H groups in total. The van der Waals surface area contributed by atoms with Crippen molar-refractivity contribution in [1.82, 2.24) is 0 Å². The molecule has 0 saturated carbocycles. The molecular weight excluding hydrogens is 252 g/mol. The summed E-state index contributed by atoms with van der Waals surface area (Å²) in [5, 5.41) is 14.6. The molecule has 0 saturated heterocycles. The van der Waals surface area contributed by atoms with Crippen LogP contribution >= 0.6 is 0 Å². The van der Waals surface area contributed by atoms with Crippen LogP contribution in [0, 0.1) is 5.92 Å². The zero-order valence-electron chi connectivity index (χ0n) is 13.3. The van der Waals surface area contributed by atoms with E-state index in [0.29, 0.717) is 11.6 Å². The molecule has 0 radical (unpaired) electrons. The van der Waals surface area contributed by atoms with E-state index < -0.39 is 6.09 Å². The number of nitrogens with zero attached hydrogens (tertiary/aromatic N) is 1. The lowest BCUT2D eigenvalue weighted by molar-refractivity contribution is -0.246. The molecule has 0 aliphatic carbocycles. The van der Waals surface area contributed by atoms with Gasteiger partial charge in [0.1, 0.15) is 6.09 Å². The summed E-state index contributed by atoms with van der Waals surface area (Å²) >= 11 is 0. The van der Waals surface area contributed by atoms with Gasteiger partial charge in [-0.2, -0.15) is 0 Å². The lowest BCUT2D eigenvalue weighted by Crippen LogP contribution is -2.39. The van der Waals surface area contributed by atoms with E-state index in [2.05, 4.69) is 39.9 Å². The van der Waals surface area contributed by atoms with Crippen molar-refractivity contribution in [3.63, 3.8) is 0 Å². The van der Waals surface area contributed by atoms with Gasteiger partial charge in [-0.15, -0.1) is 0 Å². The van der Waals surface area contributed by atoms with Crippen LogP contribution in [0.3, 0.4) is 0 Å². The minimum absolute atomic E-state index is 0.167. The summed E-state index contributed by atoms with van der Waals surface area (Å²) < 4.78 is 0. The Balaban J connectivity index is 3.31. The molecule has 20 heavy (non-hydrogen) atoms. The van der Waals surface area contributed by atoms with Crippen molar-refractivity contribution < 1.29 is 9.90 Å². The maximum absolute atomic E-state index is 11.2. The summed E-state index contributed by atoms with van der Waals surface area (Å²) in [5.74, 6) is 0.519. The quantitative estimate of drug-likeness (QED) is 0.920. The second-order valence-corrected chi connectivity index (χ2v) is 6.55. The van der Waals surface area contributed by atoms with Crippen molar-refractivity contribution in [3.8, 4) is 0 Å². The third kappa shape index (κ3) is 3.89. The van der Waals surface area contributed by atoms with Crippen LogP contribution < -0.4 is 15.3 Å². The van der Waals surface area contributed by atoms with E-state index in [1.807, 2.05) is 18.2 Å². The Hall–Kier alpha value is -1.71. The number of hydrogen-bond acceptors (Lipinski definition) is 3. The Labute approximate surface area is 121 Å². The van der Waals surface area contributed by atoms with E-state index in [1.165, 1.54) is 11.9 Å². The van der Waals surface area contributed by atoms with Gasteiger partial charge in [0.15, 0.2) is 0 Å². The van der Waals surface area contributed by atoms with Crippen molar-refractivity contribution in [2.75, 3.05) is 23.8 Å². The lowest BCUT2D eigenvalue weighted by atomic mass is 9.84. The van der Waals surface area contributed by atoms with Crippen molar-refractivity contribution >= 4 is 17.5 Å². The van der Waals surface area contributed by atoms with Crippen molar-refractivity contribution in [1.29, 1.82) is 0 Å². The number of hydrogen-bond donors (Lipinski definition) is 1. The van der Waals surface area contributed by atoms with E-state index in [1.54, 1.807) is 0 Å². The molecule has 0 heterocycles. The first kappa shape index (κ1) is 16.3. The minimum Gasteiger partial charge on any atom is -0.530 e. The number of rotatable bonds is 4. The topological polar surface area (TPSA) is 55.4 Å². The van der Waals surface area contributed by atoms with Crippen molar-refractivity contribution in [2.24, 2.45) is 5.92 Å². The molecule has 4 heteroatoms. The maximum atomic E-state index is 11.2. The number of carbonyl (C=O) groups is 1. The summed E-state index contributed by atoms with van der Waals surface area (Å²) in [6.07, 6.45) is -1.20. The van der Waals surface area contributed by atoms with Crippen LogP contribution in [0.2, 0.25) is 0 Å². The van der Waals surface area contributed by atoms with Crippen LogP contribution in [-0.2, 0) is 5.41 Å². The Morgan fingerprint density at radius 1 is 1.35 bits per heavy atom. The molecule has 0 fully saturated rings. The first-order valence-electron chi connectivity index (χ1n) is 6.96. The van der Waals surface area contributed by atoms with Crippen LogP contribution in [-0.4, -0.2) is 19.7 Å². The van der Waals surface area contributed by atoms with Gasteiger partial charge in [-0.25, -0.2) is 0 Å². The summed E-state index contributed by atoms with van der Waals surface area (Å²) in [6, 6.07) is 5.68. The van der Waals surface area contributed by atoms with E-state index in [0.717, 1.165) is 17.8 Å². The molecule has 0 bridgehead atoms. The van der Waals surface area contributed by atoms with Gasteiger partial charge in [0.25, 0.3) is 0 Å². The van der Waals surface area contributed by atoms with E-state index >= 15 is 0 Å². The maximum Gasteiger partial charge on any atom is 0.141 e. The van der Waals surface area contributed by atoms with Crippen LogP contribution in [0.1, 0.15) is 40.2 Å². The standard InChI is InChI=1S/C16H26N2O2/c1-11(2)10-17-12-8-7-9-13(18(6)15(19)20)14(12)16(3,4)5/h7-9,11,17H,10H2,1-6H3,(H,19,20)/p-1. The van der Waals surface area contributed by atoms with Gasteiger partial charge in [0, 0.05) is 30.5 Å². The van der Waals surface area contributed by atoms with Gasteiger partial charge in [-0.3, -0.25) is 0 Å². The molecule has 1 aromatic carbocycles.